The van der Waals surface area contributed by atoms with Crippen LogP contribution in [-0.2, 0) is 4.74 Å². The smallest absolute Gasteiger partial charge is 0.407 e. The summed E-state index contributed by atoms with van der Waals surface area (Å²) in [5.74, 6) is 1.77. The van der Waals surface area contributed by atoms with Crippen LogP contribution in [0.2, 0.25) is 0 Å². The monoisotopic (exact) mass is 411 g/mol. The van der Waals surface area contributed by atoms with E-state index in [1.165, 1.54) is 6.42 Å². The highest BCUT2D eigenvalue weighted by Gasteiger charge is 2.30. The van der Waals surface area contributed by atoms with Crippen molar-refractivity contribution >= 4 is 11.9 Å². The summed E-state index contributed by atoms with van der Waals surface area (Å²) >= 11 is 0. The van der Waals surface area contributed by atoms with Gasteiger partial charge in [-0.2, -0.15) is 5.10 Å². The lowest BCUT2D eigenvalue weighted by Crippen LogP contribution is -2.37. The lowest BCUT2D eigenvalue weighted by molar-refractivity contribution is 0.0524. The van der Waals surface area contributed by atoms with Crippen molar-refractivity contribution in [2.45, 2.75) is 64.5 Å². The highest BCUT2D eigenvalue weighted by atomic mass is 16.6. The van der Waals surface area contributed by atoms with Crippen LogP contribution in [0, 0.1) is 5.92 Å². The first-order valence-electron chi connectivity index (χ1n) is 11.1. The molecule has 2 aromatic heterocycles. The van der Waals surface area contributed by atoms with Crippen molar-refractivity contribution in [3.63, 3.8) is 0 Å². The number of nitrogens with zero attached hydrogens (tertiary/aromatic N) is 4. The maximum absolute atomic E-state index is 11.7. The second-order valence-corrected chi connectivity index (χ2v) is 9.49. The van der Waals surface area contributed by atoms with Gasteiger partial charge in [0.05, 0.1) is 17.9 Å². The van der Waals surface area contributed by atoms with Gasteiger partial charge in [-0.1, -0.05) is 6.07 Å². The Morgan fingerprint density at radius 1 is 1.27 bits per heavy atom. The van der Waals surface area contributed by atoms with Gasteiger partial charge in [-0.15, -0.1) is 0 Å². The van der Waals surface area contributed by atoms with Crippen molar-refractivity contribution < 1.29 is 9.53 Å². The zero-order chi connectivity index (χ0) is 21.1. The van der Waals surface area contributed by atoms with Gasteiger partial charge in [-0.05, 0) is 70.9 Å². The molecule has 162 valence electrons. The zero-order valence-corrected chi connectivity index (χ0v) is 18.3. The Morgan fingerprint density at radius 3 is 2.77 bits per heavy atom. The van der Waals surface area contributed by atoms with Crippen LogP contribution in [0.25, 0.3) is 11.3 Å². The van der Waals surface area contributed by atoms with Crippen LogP contribution in [-0.4, -0.2) is 46.1 Å². The van der Waals surface area contributed by atoms with Crippen molar-refractivity contribution in [3.8, 4) is 11.3 Å². The minimum Gasteiger partial charge on any atom is -0.444 e. The van der Waals surface area contributed by atoms with E-state index in [0.29, 0.717) is 18.5 Å². The maximum Gasteiger partial charge on any atom is 0.407 e. The van der Waals surface area contributed by atoms with Crippen LogP contribution in [0.3, 0.4) is 0 Å². The first-order valence-corrected chi connectivity index (χ1v) is 11.1. The number of carbonyl (C=O) groups is 1. The van der Waals surface area contributed by atoms with Crippen molar-refractivity contribution in [2.24, 2.45) is 5.92 Å². The lowest BCUT2D eigenvalue weighted by atomic mass is 9.77. The van der Waals surface area contributed by atoms with E-state index in [2.05, 4.69) is 44.4 Å². The van der Waals surface area contributed by atoms with Crippen LogP contribution in [0.1, 0.15) is 58.9 Å². The first kappa shape index (κ1) is 20.7. The van der Waals surface area contributed by atoms with E-state index in [9.17, 15) is 4.79 Å². The highest BCUT2D eigenvalue weighted by molar-refractivity contribution is 5.67. The molecule has 1 saturated carbocycles. The molecule has 0 bridgehead atoms. The average Bonchev–Trinajstić information content (AvgIpc) is 3.06. The fourth-order valence-corrected chi connectivity index (χ4v) is 4.02. The number of hydrogen-bond acceptors (Lipinski definition) is 5. The third kappa shape index (κ3) is 5.12. The molecule has 7 nitrogen and oxygen atoms in total. The van der Waals surface area contributed by atoms with Crippen LogP contribution in [0.4, 0.5) is 10.6 Å². The topological polar surface area (TPSA) is 72.3 Å². The Bertz CT molecular complexity index is 862. The molecule has 0 radical (unpaired) electrons. The molecule has 2 fully saturated rings. The van der Waals surface area contributed by atoms with Gasteiger partial charge in [0.2, 0.25) is 0 Å². The molecule has 0 unspecified atom stereocenters. The van der Waals surface area contributed by atoms with Gasteiger partial charge in [0.25, 0.3) is 0 Å². The van der Waals surface area contributed by atoms with Crippen molar-refractivity contribution in [3.05, 3.63) is 30.6 Å². The summed E-state index contributed by atoms with van der Waals surface area (Å²) in [7, 11) is 0. The minimum atomic E-state index is -0.445. The van der Waals surface area contributed by atoms with Crippen LogP contribution >= 0.6 is 0 Å². The Kier molecular flexibility index (Phi) is 5.97. The maximum atomic E-state index is 11.7. The van der Waals surface area contributed by atoms with E-state index >= 15 is 0 Å². The molecular formula is C23H33N5O2. The molecule has 1 amide bonds. The van der Waals surface area contributed by atoms with Gasteiger partial charge in [0.15, 0.2) is 0 Å². The van der Waals surface area contributed by atoms with Crippen LogP contribution < -0.4 is 10.2 Å². The summed E-state index contributed by atoms with van der Waals surface area (Å²) in [6.07, 6.45) is 9.39. The molecule has 0 spiro atoms. The summed E-state index contributed by atoms with van der Waals surface area (Å²) in [6, 6.07) is 6.70. The number of aromatic nitrogens is 3. The Hall–Kier alpha value is -2.57. The minimum absolute atomic E-state index is 0.329. The molecule has 0 aromatic carbocycles. The predicted octanol–water partition coefficient (Wildman–Crippen LogP) is 4.41. The Balaban J connectivity index is 1.20. The van der Waals surface area contributed by atoms with Crippen molar-refractivity contribution in [2.75, 3.05) is 24.5 Å². The van der Waals surface area contributed by atoms with Gasteiger partial charge in [-0.25, -0.2) is 9.78 Å². The van der Waals surface area contributed by atoms with Gasteiger partial charge in [0.1, 0.15) is 11.4 Å². The standard InChI is InChI=1S/C23H33N5O2/c1-23(2,3)30-22(29)24-10-5-7-17-13-19(14-17)28-16-18(15-25-28)20-8-4-9-21(26-20)27-11-6-12-27/h4,8-9,15-17,19H,5-7,10-14H2,1-3H3,(H,24,29)/t17-,19-. The number of carbonyl (C=O) groups excluding carboxylic acids is 1. The van der Waals surface area contributed by atoms with Gasteiger partial charge in [-0.3, -0.25) is 4.68 Å². The van der Waals surface area contributed by atoms with E-state index in [4.69, 9.17) is 9.72 Å². The third-order valence-electron chi connectivity index (χ3n) is 5.85. The zero-order valence-electron chi connectivity index (χ0n) is 18.3. The normalized spacial score (nSPS) is 21.0. The molecule has 30 heavy (non-hydrogen) atoms. The van der Waals surface area contributed by atoms with Crippen molar-refractivity contribution in [1.29, 1.82) is 0 Å². The predicted molar refractivity (Wildman–Crippen MR) is 118 cm³/mol. The van der Waals surface area contributed by atoms with E-state index in [0.717, 1.165) is 55.8 Å². The average molecular weight is 412 g/mol. The van der Waals surface area contributed by atoms with E-state index in [-0.39, 0.29) is 6.09 Å². The summed E-state index contributed by atoms with van der Waals surface area (Å²) in [4.78, 5) is 18.8. The van der Waals surface area contributed by atoms with E-state index in [1.807, 2.05) is 27.0 Å². The molecule has 1 N–H and O–H groups in total. The third-order valence-corrected chi connectivity index (χ3v) is 5.85. The molecular weight excluding hydrogens is 378 g/mol. The van der Waals surface area contributed by atoms with Gasteiger partial charge < -0.3 is 15.0 Å². The van der Waals surface area contributed by atoms with E-state index in [1.54, 1.807) is 0 Å². The highest BCUT2D eigenvalue weighted by Crippen LogP contribution is 2.40. The number of rotatable bonds is 7. The fraction of sp³-hybridized carbons (Fsp3) is 0.609. The molecule has 2 aliphatic rings. The summed E-state index contributed by atoms with van der Waals surface area (Å²) < 4.78 is 7.36. The number of hydrogen-bond donors (Lipinski definition) is 1. The van der Waals surface area contributed by atoms with E-state index < -0.39 is 5.60 Å². The SMILES string of the molecule is CC(C)(C)OC(=O)NCCC[C@H]1C[C@H](n2cc(-c3cccc(N4CCC4)n3)cn2)C1. The number of ether oxygens (including phenoxy) is 1. The summed E-state index contributed by atoms with van der Waals surface area (Å²) in [5.41, 5.74) is 1.64. The molecule has 4 rings (SSSR count). The lowest BCUT2D eigenvalue weighted by Gasteiger charge is -2.35. The Morgan fingerprint density at radius 2 is 2.07 bits per heavy atom. The molecule has 1 aliphatic heterocycles. The summed E-state index contributed by atoms with van der Waals surface area (Å²) in [5, 5.41) is 7.44. The molecule has 2 aromatic rings. The molecule has 1 aliphatic carbocycles. The number of nitrogens with one attached hydrogen (secondary N) is 1. The molecule has 3 heterocycles. The van der Waals surface area contributed by atoms with Crippen LogP contribution in [0.5, 0.6) is 0 Å². The number of amides is 1. The number of alkyl carbamates (subject to hydrolysis) is 1. The molecule has 7 heteroatoms. The summed E-state index contributed by atoms with van der Waals surface area (Å²) in [6.45, 7) is 8.50. The fourth-order valence-electron chi connectivity index (χ4n) is 4.02. The second kappa shape index (κ2) is 8.66. The number of anilines is 1. The first-order chi connectivity index (χ1) is 14.4. The van der Waals surface area contributed by atoms with Gasteiger partial charge >= 0.3 is 6.09 Å². The Labute approximate surface area is 178 Å². The largest absolute Gasteiger partial charge is 0.444 e. The number of pyridine rings is 1. The second-order valence-electron chi connectivity index (χ2n) is 9.49. The molecule has 0 atom stereocenters. The molecule has 1 saturated heterocycles. The van der Waals surface area contributed by atoms with Crippen LogP contribution in [0.15, 0.2) is 30.6 Å². The van der Waals surface area contributed by atoms with Crippen molar-refractivity contribution in [1.82, 2.24) is 20.1 Å². The quantitative estimate of drug-likeness (QED) is 0.683. The van der Waals surface area contributed by atoms with Gasteiger partial charge in [0, 0.05) is 31.4 Å².